The second kappa shape index (κ2) is 11.5. The smallest absolute Gasteiger partial charge is 0.211 e. The van der Waals surface area contributed by atoms with Crippen molar-refractivity contribution in [2.45, 2.75) is 64.7 Å². The van der Waals surface area contributed by atoms with E-state index in [4.69, 9.17) is 5.26 Å². The van der Waals surface area contributed by atoms with Crippen LogP contribution < -0.4 is 4.72 Å². The molecule has 5 heteroatoms. The molecule has 0 unspecified atom stereocenters. The maximum Gasteiger partial charge on any atom is 0.211 e. The number of nitrogens with one attached hydrogen (secondary N) is 1. The van der Waals surface area contributed by atoms with Gasteiger partial charge < -0.3 is 0 Å². The minimum atomic E-state index is -3.12. The van der Waals surface area contributed by atoms with Gasteiger partial charge >= 0.3 is 0 Å². The first-order chi connectivity index (χ1) is 8.62. The Balaban J connectivity index is 3.44. The highest BCUT2D eigenvalue weighted by Gasteiger charge is 2.08. The van der Waals surface area contributed by atoms with Crippen molar-refractivity contribution in [3.8, 4) is 6.07 Å². The fourth-order valence-corrected chi connectivity index (χ4v) is 2.90. The molecule has 18 heavy (non-hydrogen) atoms. The molecular weight excluding hydrogens is 248 g/mol. The lowest BCUT2D eigenvalue weighted by atomic mass is 10.1. The molecule has 0 amide bonds. The number of sulfonamides is 1. The Morgan fingerprint density at radius 2 is 1.61 bits per heavy atom. The molecule has 0 spiro atoms. The standard InChI is InChI=1S/C13H26N2O2S/c1-2-3-4-5-6-7-10-13-18(16,17)15-12-9-8-11-14/h15H,2-10,12-13H2,1H3. The Morgan fingerprint density at radius 1 is 1.00 bits per heavy atom. The van der Waals surface area contributed by atoms with Crippen LogP contribution in [-0.2, 0) is 10.0 Å². The van der Waals surface area contributed by atoms with Gasteiger partial charge in [-0.2, -0.15) is 5.26 Å². The van der Waals surface area contributed by atoms with E-state index in [1.807, 2.05) is 6.07 Å². The maximum absolute atomic E-state index is 11.5. The minimum absolute atomic E-state index is 0.216. The van der Waals surface area contributed by atoms with Gasteiger partial charge in [0.2, 0.25) is 10.0 Å². The molecule has 106 valence electrons. The molecule has 4 nitrogen and oxygen atoms in total. The lowest BCUT2D eigenvalue weighted by Crippen LogP contribution is -2.27. The highest BCUT2D eigenvalue weighted by atomic mass is 32.2. The van der Waals surface area contributed by atoms with Gasteiger partial charge in [-0.15, -0.1) is 0 Å². The molecule has 0 radical (unpaired) electrons. The van der Waals surface area contributed by atoms with Gasteiger partial charge in [0.25, 0.3) is 0 Å². The highest BCUT2D eigenvalue weighted by Crippen LogP contribution is 2.07. The summed E-state index contributed by atoms with van der Waals surface area (Å²) in [4.78, 5) is 0. The number of rotatable bonds is 12. The Morgan fingerprint density at radius 3 is 2.22 bits per heavy atom. The van der Waals surface area contributed by atoms with Crippen molar-refractivity contribution in [1.29, 1.82) is 5.26 Å². The van der Waals surface area contributed by atoms with Crippen molar-refractivity contribution in [2.24, 2.45) is 0 Å². The van der Waals surface area contributed by atoms with Crippen molar-refractivity contribution in [3.63, 3.8) is 0 Å². The maximum atomic E-state index is 11.5. The van der Waals surface area contributed by atoms with Gasteiger partial charge in [0.1, 0.15) is 0 Å². The fraction of sp³-hybridized carbons (Fsp3) is 0.923. The Kier molecular flexibility index (Phi) is 11.1. The summed E-state index contributed by atoms with van der Waals surface area (Å²) < 4.78 is 25.6. The van der Waals surface area contributed by atoms with Crippen LogP contribution >= 0.6 is 0 Å². The second-order valence-corrected chi connectivity index (χ2v) is 6.52. The van der Waals surface area contributed by atoms with Gasteiger partial charge in [0, 0.05) is 13.0 Å². The van der Waals surface area contributed by atoms with Crippen LogP contribution in [0.3, 0.4) is 0 Å². The van der Waals surface area contributed by atoms with Gasteiger partial charge in [0.15, 0.2) is 0 Å². The van der Waals surface area contributed by atoms with E-state index >= 15 is 0 Å². The Hall–Kier alpha value is -0.600. The Labute approximate surface area is 112 Å². The van der Waals surface area contributed by atoms with Crippen molar-refractivity contribution >= 4 is 10.0 Å². The third kappa shape index (κ3) is 11.9. The predicted octanol–water partition coefficient (Wildman–Crippen LogP) is 2.96. The van der Waals surface area contributed by atoms with Crippen molar-refractivity contribution in [2.75, 3.05) is 12.3 Å². The normalized spacial score (nSPS) is 11.3. The van der Waals surface area contributed by atoms with Gasteiger partial charge in [-0.1, -0.05) is 45.4 Å². The molecular formula is C13H26N2O2S. The van der Waals surface area contributed by atoms with Gasteiger partial charge in [-0.3, -0.25) is 0 Å². The summed E-state index contributed by atoms with van der Waals surface area (Å²) >= 11 is 0. The summed E-state index contributed by atoms with van der Waals surface area (Å²) in [6, 6.07) is 2.00. The van der Waals surface area contributed by atoms with E-state index in [2.05, 4.69) is 11.6 Å². The van der Waals surface area contributed by atoms with Gasteiger partial charge in [-0.05, 0) is 12.8 Å². The van der Waals surface area contributed by atoms with E-state index in [0.717, 1.165) is 19.3 Å². The van der Waals surface area contributed by atoms with Crippen LogP contribution in [0.2, 0.25) is 0 Å². The summed E-state index contributed by atoms with van der Waals surface area (Å²) in [6.45, 7) is 2.57. The van der Waals surface area contributed by atoms with Crippen LogP contribution in [0.5, 0.6) is 0 Å². The van der Waals surface area contributed by atoms with Gasteiger partial charge in [-0.25, -0.2) is 13.1 Å². The molecule has 0 rings (SSSR count). The van der Waals surface area contributed by atoms with E-state index in [-0.39, 0.29) is 5.75 Å². The summed E-state index contributed by atoms with van der Waals surface area (Å²) in [6.07, 6.45) is 8.83. The second-order valence-electron chi connectivity index (χ2n) is 4.60. The van der Waals surface area contributed by atoms with Crippen LogP contribution in [0.1, 0.15) is 64.7 Å². The predicted molar refractivity (Wildman–Crippen MR) is 74.6 cm³/mol. The Bertz CT molecular complexity index is 320. The molecule has 0 saturated heterocycles. The number of nitrogens with zero attached hydrogens (tertiary/aromatic N) is 1. The molecule has 0 aromatic heterocycles. The average molecular weight is 274 g/mol. The van der Waals surface area contributed by atoms with E-state index in [9.17, 15) is 8.42 Å². The fourth-order valence-electron chi connectivity index (χ4n) is 1.72. The van der Waals surface area contributed by atoms with Crippen molar-refractivity contribution in [1.82, 2.24) is 4.72 Å². The molecule has 0 aromatic carbocycles. The summed E-state index contributed by atoms with van der Waals surface area (Å²) in [5.74, 6) is 0.216. The summed E-state index contributed by atoms with van der Waals surface area (Å²) in [5.41, 5.74) is 0. The van der Waals surface area contributed by atoms with Crippen LogP contribution in [0, 0.1) is 11.3 Å². The highest BCUT2D eigenvalue weighted by molar-refractivity contribution is 7.89. The zero-order chi connectivity index (χ0) is 13.7. The zero-order valence-corrected chi connectivity index (χ0v) is 12.3. The molecule has 0 saturated carbocycles. The molecule has 0 heterocycles. The molecule has 0 aliphatic heterocycles. The number of unbranched alkanes of at least 4 members (excludes halogenated alkanes) is 7. The van der Waals surface area contributed by atoms with E-state index in [0.29, 0.717) is 19.4 Å². The molecule has 0 atom stereocenters. The lowest BCUT2D eigenvalue weighted by molar-refractivity contribution is 0.567. The van der Waals surface area contributed by atoms with Gasteiger partial charge in [0.05, 0.1) is 11.8 Å². The molecule has 1 N–H and O–H groups in total. The largest absolute Gasteiger partial charge is 0.215 e. The minimum Gasteiger partial charge on any atom is -0.215 e. The zero-order valence-electron chi connectivity index (χ0n) is 11.5. The van der Waals surface area contributed by atoms with Crippen molar-refractivity contribution < 1.29 is 8.42 Å². The molecule has 0 aromatic rings. The first-order valence-corrected chi connectivity index (χ1v) is 8.62. The van der Waals surface area contributed by atoms with E-state index in [1.54, 1.807) is 0 Å². The van der Waals surface area contributed by atoms with Crippen LogP contribution in [0.4, 0.5) is 0 Å². The molecule has 0 aliphatic rings. The first-order valence-electron chi connectivity index (χ1n) is 6.96. The van der Waals surface area contributed by atoms with Crippen LogP contribution in [0.25, 0.3) is 0 Å². The summed E-state index contributed by atoms with van der Waals surface area (Å²) in [7, 11) is -3.12. The average Bonchev–Trinajstić information content (AvgIpc) is 2.34. The molecule has 0 fully saturated rings. The molecule has 0 aliphatic carbocycles. The number of hydrogen-bond acceptors (Lipinski definition) is 3. The van der Waals surface area contributed by atoms with Crippen LogP contribution in [-0.4, -0.2) is 20.7 Å². The van der Waals surface area contributed by atoms with Crippen LogP contribution in [0.15, 0.2) is 0 Å². The topological polar surface area (TPSA) is 70.0 Å². The third-order valence-corrected chi connectivity index (χ3v) is 4.27. The van der Waals surface area contributed by atoms with Crippen molar-refractivity contribution in [3.05, 3.63) is 0 Å². The quantitative estimate of drug-likeness (QED) is 0.556. The summed E-state index contributed by atoms with van der Waals surface area (Å²) in [5, 5.41) is 8.33. The van der Waals surface area contributed by atoms with E-state index < -0.39 is 10.0 Å². The SMILES string of the molecule is CCCCCCCCCS(=O)(=O)NCCCC#N. The van der Waals surface area contributed by atoms with E-state index in [1.165, 1.54) is 25.7 Å². The third-order valence-electron chi connectivity index (χ3n) is 2.80. The number of hydrogen-bond donors (Lipinski definition) is 1. The first kappa shape index (κ1) is 17.4. The number of nitriles is 1. The monoisotopic (exact) mass is 274 g/mol. The molecule has 0 bridgehead atoms. The lowest BCUT2D eigenvalue weighted by Gasteiger charge is -2.05.